The van der Waals surface area contributed by atoms with Gasteiger partial charge in [0, 0.05) is 6.42 Å². The number of phenols is 1. The van der Waals surface area contributed by atoms with E-state index < -0.39 is 0 Å². The third kappa shape index (κ3) is 0.788. The molecule has 1 aromatic rings. The van der Waals surface area contributed by atoms with Crippen molar-refractivity contribution in [1.29, 1.82) is 0 Å². The largest absolute Gasteiger partial charge is 0.508 e. The van der Waals surface area contributed by atoms with E-state index >= 15 is 0 Å². The molecular weight excluding hydrogens is 176 g/mol. The number of rotatable bonds is 0. The highest BCUT2D eigenvalue weighted by Crippen LogP contribution is 2.50. The molecule has 72 valence electrons. The molecule has 0 saturated heterocycles. The van der Waals surface area contributed by atoms with E-state index in [1.807, 2.05) is 6.07 Å². The van der Waals surface area contributed by atoms with E-state index in [9.17, 15) is 9.90 Å². The van der Waals surface area contributed by atoms with Crippen molar-refractivity contribution in [2.45, 2.75) is 31.1 Å². The SMILES string of the molecule is O=C1Cc2cc(O)ccc2C12CCC2. The van der Waals surface area contributed by atoms with E-state index in [2.05, 4.69) is 0 Å². The summed E-state index contributed by atoms with van der Waals surface area (Å²) >= 11 is 0. The monoisotopic (exact) mass is 188 g/mol. The summed E-state index contributed by atoms with van der Waals surface area (Å²) in [7, 11) is 0. The molecule has 0 aromatic heterocycles. The smallest absolute Gasteiger partial charge is 0.147 e. The van der Waals surface area contributed by atoms with Crippen molar-refractivity contribution in [3.63, 3.8) is 0 Å². The van der Waals surface area contributed by atoms with Crippen molar-refractivity contribution in [2.24, 2.45) is 0 Å². The summed E-state index contributed by atoms with van der Waals surface area (Å²) in [5.41, 5.74) is 2.06. The van der Waals surface area contributed by atoms with E-state index in [4.69, 9.17) is 0 Å². The van der Waals surface area contributed by atoms with Gasteiger partial charge in [0.15, 0.2) is 0 Å². The van der Waals surface area contributed by atoms with Gasteiger partial charge in [-0.3, -0.25) is 4.79 Å². The van der Waals surface area contributed by atoms with Crippen LogP contribution in [0.1, 0.15) is 30.4 Å². The lowest BCUT2D eigenvalue weighted by Crippen LogP contribution is -2.39. The third-order valence-corrected chi connectivity index (χ3v) is 3.70. The van der Waals surface area contributed by atoms with Gasteiger partial charge in [-0.2, -0.15) is 0 Å². The number of aromatic hydroxyl groups is 1. The number of hydrogen-bond donors (Lipinski definition) is 1. The van der Waals surface area contributed by atoms with E-state index in [1.165, 1.54) is 5.56 Å². The van der Waals surface area contributed by atoms with Gasteiger partial charge in [-0.1, -0.05) is 12.5 Å². The molecule has 0 radical (unpaired) electrons. The average molecular weight is 188 g/mol. The molecule has 1 fully saturated rings. The summed E-state index contributed by atoms with van der Waals surface area (Å²) in [6.45, 7) is 0. The summed E-state index contributed by atoms with van der Waals surface area (Å²) in [6.07, 6.45) is 3.68. The maximum absolute atomic E-state index is 11.9. The molecule has 3 rings (SSSR count). The zero-order chi connectivity index (χ0) is 9.76. The molecule has 0 amide bonds. The number of carbonyl (C=O) groups excluding carboxylic acids is 1. The van der Waals surface area contributed by atoms with Gasteiger partial charge < -0.3 is 5.11 Å². The maximum atomic E-state index is 11.9. The first-order valence-corrected chi connectivity index (χ1v) is 5.08. The highest BCUT2D eigenvalue weighted by Gasteiger charge is 2.50. The van der Waals surface area contributed by atoms with Gasteiger partial charge in [0.05, 0.1) is 5.41 Å². The molecule has 1 aromatic carbocycles. The van der Waals surface area contributed by atoms with Crippen molar-refractivity contribution in [3.05, 3.63) is 29.3 Å². The maximum Gasteiger partial charge on any atom is 0.147 e. The minimum Gasteiger partial charge on any atom is -0.508 e. The lowest BCUT2D eigenvalue weighted by atomic mass is 9.64. The molecule has 2 aliphatic carbocycles. The van der Waals surface area contributed by atoms with Gasteiger partial charge >= 0.3 is 0 Å². The number of fused-ring (bicyclic) bond motifs is 2. The van der Waals surface area contributed by atoms with Crippen LogP contribution in [0.3, 0.4) is 0 Å². The highest BCUT2D eigenvalue weighted by atomic mass is 16.3. The molecule has 0 aliphatic heterocycles. The minimum atomic E-state index is -0.150. The summed E-state index contributed by atoms with van der Waals surface area (Å²) in [5.74, 6) is 0.622. The summed E-state index contributed by atoms with van der Waals surface area (Å²) in [5, 5.41) is 9.33. The minimum absolute atomic E-state index is 0.150. The van der Waals surface area contributed by atoms with Gasteiger partial charge in [0.1, 0.15) is 11.5 Å². The second kappa shape index (κ2) is 2.38. The van der Waals surface area contributed by atoms with Crippen LogP contribution in [0.25, 0.3) is 0 Å². The average Bonchev–Trinajstić information content (AvgIpc) is 2.34. The molecule has 14 heavy (non-hydrogen) atoms. The molecular formula is C12H12O2. The van der Waals surface area contributed by atoms with Crippen LogP contribution in [-0.2, 0) is 16.6 Å². The Kier molecular flexibility index (Phi) is 1.37. The van der Waals surface area contributed by atoms with Crippen LogP contribution in [0.15, 0.2) is 18.2 Å². The van der Waals surface area contributed by atoms with E-state index in [-0.39, 0.29) is 11.2 Å². The lowest BCUT2D eigenvalue weighted by molar-refractivity contribution is -0.125. The zero-order valence-electron chi connectivity index (χ0n) is 7.92. The zero-order valence-corrected chi connectivity index (χ0v) is 7.92. The first-order chi connectivity index (χ1) is 6.72. The highest BCUT2D eigenvalue weighted by molar-refractivity contribution is 5.97. The topological polar surface area (TPSA) is 37.3 Å². The molecule has 1 saturated carbocycles. The summed E-state index contributed by atoms with van der Waals surface area (Å²) in [6, 6.07) is 5.35. The van der Waals surface area contributed by atoms with Crippen LogP contribution in [0, 0.1) is 0 Å². The molecule has 1 spiro atoms. The van der Waals surface area contributed by atoms with Crippen molar-refractivity contribution in [1.82, 2.24) is 0 Å². The number of benzene rings is 1. The Bertz CT molecular complexity index is 416. The predicted octanol–water partition coefficient (Wildman–Crippen LogP) is 1.94. The molecule has 2 heteroatoms. The Morgan fingerprint density at radius 1 is 1.29 bits per heavy atom. The van der Waals surface area contributed by atoms with Gasteiger partial charge in [-0.05, 0) is 36.1 Å². The number of carbonyl (C=O) groups is 1. The van der Waals surface area contributed by atoms with Gasteiger partial charge in [-0.15, -0.1) is 0 Å². The van der Waals surface area contributed by atoms with Crippen LogP contribution in [0.5, 0.6) is 5.75 Å². The molecule has 2 nitrogen and oxygen atoms in total. The number of phenolic OH excluding ortho intramolecular Hbond substituents is 1. The normalized spacial score (nSPS) is 22.1. The van der Waals surface area contributed by atoms with Gasteiger partial charge in [-0.25, -0.2) is 0 Å². The second-order valence-corrected chi connectivity index (χ2v) is 4.38. The van der Waals surface area contributed by atoms with Crippen molar-refractivity contribution in [3.8, 4) is 5.75 Å². The molecule has 0 bridgehead atoms. The van der Waals surface area contributed by atoms with Crippen LogP contribution in [0.2, 0.25) is 0 Å². The Balaban J connectivity index is 2.18. The number of Topliss-reactive ketones (excluding diaryl/α,β-unsaturated/α-hetero) is 1. The fourth-order valence-electron chi connectivity index (χ4n) is 2.76. The molecule has 0 atom stereocenters. The summed E-state index contributed by atoms with van der Waals surface area (Å²) in [4.78, 5) is 11.9. The third-order valence-electron chi connectivity index (χ3n) is 3.70. The quantitative estimate of drug-likeness (QED) is 0.675. The van der Waals surface area contributed by atoms with E-state index in [0.29, 0.717) is 12.2 Å². The Labute approximate surface area is 82.6 Å². The first kappa shape index (κ1) is 8.04. The van der Waals surface area contributed by atoms with Gasteiger partial charge in [0.25, 0.3) is 0 Å². The summed E-state index contributed by atoms with van der Waals surface area (Å²) < 4.78 is 0. The van der Waals surface area contributed by atoms with Crippen molar-refractivity contribution in [2.75, 3.05) is 0 Å². The van der Waals surface area contributed by atoms with Crippen LogP contribution < -0.4 is 0 Å². The molecule has 1 N–H and O–H groups in total. The van der Waals surface area contributed by atoms with E-state index in [0.717, 1.165) is 24.8 Å². The van der Waals surface area contributed by atoms with Crippen molar-refractivity contribution < 1.29 is 9.90 Å². The van der Waals surface area contributed by atoms with Gasteiger partial charge in [0.2, 0.25) is 0 Å². The Hall–Kier alpha value is -1.31. The molecule has 0 unspecified atom stereocenters. The van der Waals surface area contributed by atoms with Crippen LogP contribution in [0.4, 0.5) is 0 Å². The molecule has 0 heterocycles. The fourth-order valence-corrected chi connectivity index (χ4v) is 2.76. The fraction of sp³-hybridized carbons (Fsp3) is 0.417. The molecule has 2 aliphatic rings. The first-order valence-electron chi connectivity index (χ1n) is 5.08. The lowest BCUT2D eigenvalue weighted by Gasteiger charge is -2.37. The van der Waals surface area contributed by atoms with Crippen LogP contribution in [-0.4, -0.2) is 10.9 Å². The Morgan fingerprint density at radius 3 is 2.71 bits per heavy atom. The predicted molar refractivity (Wildman–Crippen MR) is 52.3 cm³/mol. The van der Waals surface area contributed by atoms with Crippen LogP contribution >= 0.6 is 0 Å². The number of ketones is 1. The second-order valence-electron chi connectivity index (χ2n) is 4.38. The van der Waals surface area contributed by atoms with E-state index in [1.54, 1.807) is 12.1 Å². The Morgan fingerprint density at radius 2 is 2.07 bits per heavy atom. The standard InChI is InChI=1S/C12H12O2/c13-9-2-3-10-8(6-9)7-11(14)12(10)4-1-5-12/h2-3,6,13H,1,4-5,7H2. The van der Waals surface area contributed by atoms with Crippen molar-refractivity contribution >= 4 is 5.78 Å². The number of hydrogen-bond acceptors (Lipinski definition) is 2.